The van der Waals surface area contributed by atoms with E-state index in [9.17, 15) is 13.2 Å². The van der Waals surface area contributed by atoms with Gasteiger partial charge in [0.2, 0.25) is 0 Å². The smallest absolute Gasteiger partial charge is 0.358 e. The molecule has 1 aromatic heterocycles. The van der Waals surface area contributed by atoms with Gasteiger partial charge in [-0.2, -0.15) is 0 Å². The zero-order chi connectivity index (χ0) is 13.6. The van der Waals surface area contributed by atoms with Crippen LogP contribution in [0.2, 0.25) is 0 Å². The maximum Gasteiger partial charge on any atom is 0.358 e. The highest BCUT2D eigenvalue weighted by Gasteiger charge is 2.25. The SMILES string of the molecule is CNCCCNS(=O)(=O)c1scnc1C(=O)OC. The highest BCUT2D eigenvalue weighted by atomic mass is 32.2. The lowest BCUT2D eigenvalue weighted by Gasteiger charge is -2.05. The molecule has 102 valence electrons. The lowest BCUT2D eigenvalue weighted by molar-refractivity contribution is 0.0590. The molecule has 2 N–H and O–H groups in total. The third-order valence-electron chi connectivity index (χ3n) is 2.05. The van der Waals surface area contributed by atoms with E-state index in [1.807, 2.05) is 0 Å². The molecule has 0 saturated heterocycles. The van der Waals surface area contributed by atoms with Gasteiger partial charge in [0.05, 0.1) is 12.6 Å². The molecule has 0 unspecified atom stereocenters. The van der Waals surface area contributed by atoms with Crippen molar-refractivity contribution < 1.29 is 17.9 Å². The molecule has 1 rings (SSSR count). The van der Waals surface area contributed by atoms with Crippen molar-refractivity contribution in [3.8, 4) is 0 Å². The molecule has 0 aromatic carbocycles. The van der Waals surface area contributed by atoms with Gasteiger partial charge in [0.1, 0.15) is 0 Å². The molecule has 7 nitrogen and oxygen atoms in total. The second kappa shape index (κ2) is 6.78. The van der Waals surface area contributed by atoms with E-state index in [4.69, 9.17) is 0 Å². The summed E-state index contributed by atoms with van der Waals surface area (Å²) in [6, 6.07) is 0. The van der Waals surface area contributed by atoms with E-state index in [0.717, 1.165) is 11.3 Å². The molecule has 18 heavy (non-hydrogen) atoms. The van der Waals surface area contributed by atoms with Crippen molar-refractivity contribution in [1.82, 2.24) is 15.0 Å². The summed E-state index contributed by atoms with van der Waals surface area (Å²) in [7, 11) is -0.742. The van der Waals surface area contributed by atoms with Gasteiger partial charge in [-0.25, -0.2) is 22.9 Å². The molecule has 0 bridgehead atoms. The largest absolute Gasteiger partial charge is 0.464 e. The second-order valence-corrected chi connectivity index (χ2v) is 6.15. The molecule has 9 heteroatoms. The van der Waals surface area contributed by atoms with Crippen molar-refractivity contribution in [2.75, 3.05) is 27.2 Å². The Hall–Kier alpha value is -1.03. The number of esters is 1. The minimum absolute atomic E-state index is 0.112. The highest BCUT2D eigenvalue weighted by Crippen LogP contribution is 2.20. The Morgan fingerprint density at radius 1 is 1.50 bits per heavy atom. The van der Waals surface area contributed by atoms with Gasteiger partial charge in [-0.3, -0.25) is 0 Å². The van der Waals surface area contributed by atoms with Crippen molar-refractivity contribution in [2.45, 2.75) is 10.6 Å². The number of hydrogen-bond donors (Lipinski definition) is 2. The standard InChI is InChI=1S/C9H15N3O4S2/c1-10-4-3-5-12-18(14,15)9-7(8(13)16-2)11-6-17-9/h6,10,12H,3-5H2,1-2H3. The van der Waals surface area contributed by atoms with Gasteiger partial charge in [-0.05, 0) is 20.0 Å². The predicted molar refractivity (Wildman–Crippen MR) is 67.2 cm³/mol. The first-order chi connectivity index (χ1) is 8.53. The molecule has 0 spiro atoms. The monoisotopic (exact) mass is 293 g/mol. The topological polar surface area (TPSA) is 97.4 Å². The van der Waals surface area contributed by atoms with Gasteiger partial charge in [0.15, 0.2) is 9.90 Å². The van der Waals surface area contributed by atoms with Crippen molar-refractivity contribution in [1.29, 1.82) is 0 Å². The number of carbonyl (C=O) groups is 1. The normalized spacial score (nSPS) is 11.4. The van der Waals surface area contributed by atoms with E-state index in [1.165, 1.54) is 12.6 Å². The quantitative estimate of drug-likeness (QED) is 0.534. The van der Waals surface area contributed by atoms with Crippen LogP contribution in [0.25, 0.3) is 0 Å². The van der Waals surface area contributed by atoms with E-state index >= 15 is 0 Å². The zero-order valence-electron chi connectivity index (χ0n) is 10.1. The summed E-state index contributed by atoms with van der Waals surface area (Å²) >= 11 is 0.886. The Balaban J connectivity index is 2.79. The van der Waals surface area contributed by atoms with Crippen LogP contribution in [0.5, 0.6) is 0 Å². The average Bonchev–Trinajstić information content (AvgIpc) is 2.83. The van der Waals surface area contributed by atoms with Crippen LogP contribution < -0.4 is 10.0 Å². The Labute approximate surface area is 110 Å². The first kappa shape index (κ1) is 15.0. The van der Waals surface area contributed by atoms with Crippen LogP contribution in [0.3, 0.4) is 0 Å². The fourth-order valence-corrected chi connectivity index (χ4v) is 3.44. The van der Waals surface area contributed by atoms with Crippen molar-refractivity contribution in [3.05, 3.63) is 11.2 Å². The van der Waals surface area contributed by atoms with Crippen LogP contribution in [0.1, 0.15) is 16.9 Å². The highest BCUT2D eigenvalue weighted by molar-refractivity contribution is 7.91. The molecule has 0 aliphatic carbocycles. The van der Waals surface area contributed by atoms with Crippen molar-refractivity contribution >= 4 is 27.3 Å². The van der Waals surface area contributed by atoms with Gasteiger partial charge in [-0.15, -0.1) is 11.3 Å². The van der Waals surface area contributed by atoms with Crippen molar-refractivity contribution in [3.63, 3.8) is 0 Å². The molecule has 0 radical (unpaired) electrons. The first-order valence-corrected chi connectivity index (χ1v) is 7.55. The second-order valence-electron chi connectivity index (χ2n) is 3.33. The number of carbonyl (C=O) groups excluding carboxylic acids is 1. The summed E-state index contributed by atoms with van der Waals surface area (Å²) < 4.78 is 30.6. The zero-order valence-corrected chi connectivity index (χ0v) is 11.7. The number of nitrogens with one attached hydrogen (secondary N) is 2. The van der Waals surface area contributed by atoms with Gasteiger partial charge >= 0.3 is 5.97 Å². The van der Waals surface area contributed by atoms with Crippen LogP contribution in [-0.4, -0.2) is 46.6 Å². The maximum absolute atomic E-state index is 11.9. The van der Waals surface area contributed by atoms with Gasteiger partial charge < -0.3 is 10.1 Å². The van der Waals surface area contributed by atoms with E-state index < -0.39 is 16.0 Å². The Kier molecular flexibility index (Phi) is 5.66. The maximum atomic E-state index is 11.9. The summed E-state index contributed by atoms with van der Waals surface area (Å²) in [6.45, 7) is 0.997. The Morgan fingerprint density at radius 3 is 2.83 bits per heavy atom. The minimum Gasteiger partial charge on any atom is -0.464 e. The van der Waals surface area contributed by atoms with E-state index in [0.29, 0.717) is 19.5 Å². The molecule has 0 aliphatic rings. The van der Waals surface area contributed by atoms with Crippen LogP contribution in [0, 0.1) is 0 Å². The van der Waals surface area contributed by atoms with Crippen LogP contribution in [0.15, 0.2) is 9.72 Å². The summed E-state index contributed by atoms with van der Waals surface area (Å²) in [5, 5.41) is 2.91. The van der Waals surface area contributed by atoms with Gasteiger partial charge in [-0.1, -0.05) is 0 Å². The Morgan fingerprint density at radius 2 is 2.22 bits per heavy atom. The molecule has 0 atom stereocenters. The minimum atomic E-state index is -3.71. The number of thiazole rings is 1. The van der Waals surface area contributed by atoms with E-state index in [1.54, 1.807) is 7.05 Å². The molecule has 0 saturated carbocycles. The lowest BCUT2D eigenvalue weighted by atomic mass is 10.4. The molecular formula is C9H15N3O4S2. The number of sulfonamides is 1. The molecule has 0 aliphatic heterocycles. The summed E-state index contributed by atoms with van der Waals surface area (Å²) in [4.78, 5) is 15.0. The fraction of sp³-hybridized carbons (Fsp3) is 0.556. The third kappa shape index (κ3) is 3.73. The number of aromatic nitrogens is 1. The number of nitrogens with zero attached hydrogens (tertiary/aromatic N) is 1. The van der Waals surface area contributed by atoms with Gasteiger partial charge in [0.25, 0.3) is 10.0 Å². The summed E-state index contributed by atoms with van der Waals surface area (Å²) in [6.07, 6.45) is 0.655. The number of rotatable bonds is 7. The number of hydrogen-bond acceptors (Lipinski definition) is 7. The van der Waals surface area contributed by atoms with Crippen LogP contribution >= 0.6 is 11.3 Å². The van der Waals surface area contributed by atoms with Crippen molar-refractivity contribution in [2.24, 2.45) is 0 Å². The summed E-state index contributed by atoms with van der Waals surface area (Å²) in [5.41, 5.74) is 1.12. The van der Waals surface area contributed by atoms with Crippen LogP contribution in [0.4, 0.5) is 0 Å². The molecular weight excluding hydrogens is 278 g/mol. The fourth-order valence-electron chi connectivity index (χ4n) is 1.20. The van der Waals surface area contributed by atoms with E-state index in [2.05, 4.69) is 19.8 Å². The predicted octanol–water partition coefficient (Wildman–Crippen LogP) is -0.183. The van der Waals surface area contributed by atoms with E-state index in [-0.39, 0.29) is 9.90 Å². The third-order valence-corrected chi connectivity index (χ3v) is 4.88. The molecule has 1 aromatic rings. The number of ether oxygens (including phenoxy) is 1. The van der Waals surface area contributed by atoms with Gasteiger partial charge in [0, 0.05) is 6.54 Å². The average molecular weight is 293 g/mol. The van der Waals surface area contributed by atoms with Crippen LogP contribution in [-0.2, 0) is 14.8 Å². The Bertz CT molecular complexity index is 498. The molecule has 0 amide bonds. The molecule has 0 fully saturated rings. The summed E-state index contributed by atoms with van der Waals surface area (Å²) in [5.74, 6) is -0.758. The molecule has 1 heterocycles. The number of methoxy groups -OCH3 is 1. The lowest BCUT2D eigenvalue weighted by Crippen LogP contribution is -2.27. The first-order valence-electron chi connectivity index (χ1n) is 5.19.